The molecule has 2 N–H and O–H groups in total. The van der Waals surface area contributed by atoms with Crippen LogP contribution in [0.5, 0.6) is 0 Å². The molecule has 0 saturated heterocycles. The minimum Gasteiger partial charge on any atom is -0.432 e. The van der Waals surface area contributed by atoms with Gasteiger partial charge < -0.3 is 10.2 Å². The highest BCUT2D eigenvalue weighted by molar-refractivity contribution is 5.86. The second-order valence-corrected chi connectivity index (χ2v) is 3.43. The first-order chi connectivity index (χ1) is 7.84. The molecule has 0 amide bonds. The predicted octanol–water partition coefficient (Wildman–Crippen LogP) is 2.47. The van der Waals surface area contributed by atoms with Gasteiger partial charge in [-0.25, -0.2) is 4.98 Å². The predicted molar refractivity (Wildman–Crippen MR) is 61.7 cm³/mol. The van der Waals surface area contributed by atoms with E-state index < -0.39 is 0 Å². The number of aromatic nitrogens is 2. The van der Waals surface area contributed by atoms with Gasteiger partial charge in [-0.3, -0.25) is 4.98 Å². The van der Waals surface area contributed by atoms with Crippen LogP contribution in [0.3, 0.4) is 0 Å². The molecule has 2 heterocycles. The summed E-state index contributed by atoms with van der Waals surface area (Å²) in [6.45, 7) is 0. The van der Waals surface area contributed by atoms with E-state index in [2.05, 4.69) is 9.97 Å². The molecule has 2 aromatic heterocycles. The molecule has 0 fully saturated rings. The topological polar surface area (TPSA) is 64.9 Å². The van der Waals surface area contributed by atoms with E-state index in [1.165, 1.54) is 0 Å². The lowest BCUT2D eigenvalue weighted by atomic mass is 10.3. The molecule has 0 aliphatic carbocycles. The van der Waals surface area contributed by atoms with Crippen molar-refractivity contribution in [3.63, 3.8) is 0 Å². The van der Waals surface area contributed by atoms with Gasteiger partial charge in [0, 0.05) is 6.20 Å². The van der Waals surface area contributed by atoms with E-state index in [0.29, 0.717) is 22.9 Å². The average Bonchev–Trinajstić information content (AvgIpc) is 2.76. The summed E-state index contributed by atoms with van der Waals surface area (Å²) in [6.07, 6.45) is 1.70. The van der Waals surface area contributed by atoms with Crippen LogP contribution in [0.4, 0.5) is 5.69 Å². The van der Waals surface area contributed by atoms with Crippen LogP contribution in [-0.4, -0.2) is 9.97 Å². The van der Waals surface area contributed by atoms with Crippen LogP contribution < -0.4 is 5.73 Å². The molecule has 0 atom stereocenters. The minimum absolute atomic E-state index is 0.494. The first-order valence-corrected chi connectivity index (χ1v) is 4.91. The van der Waals surface area contributed by atoms with Gasteiger partial charge in [-0.2, -0.15) is 0 Å². The molecule has 78 valence electrons. The Balaban J connectivity index is 2.23. The van der Waals surface area contributed by atoms with Crippen LogP contribution in [0.25, 0.3) is 22.7 Å². The number of hydrogen-bond acceptors (Lipinski definition) is 4. The Hall–Kier alpha value is -2.36. The highest BCUT2D eigenvalue weighted by Gasteiger charge is 2.10. The fourth-order valence-electron chi connectivity index (χ4n) is 1.57. The molecular formula is C12H9N3O. The third-order valence-corrected chi connectivity index (χ3v) is 2.33. The van der Waals surface area contributed by atoms with E-state index >= 15 is 0 Å². The smallest absolute Gasteiger partial charge is 0.246 e. The Kier molecular flexibility index (Phi) is 1.86. The summed E-state index contributed by atoms with van der Waals surface area (Å²) in [5.41, 5.74) is 8.45. The molecule has 0 spiro atoms. The lowest BCUT2D eigenvalue weighted by Gasteiger charge is -1.92. The second-order valence-electron chi connectivity index (χ2n) is 3.43. The summed E-state index contributed by atoms with van der Waals surface area (Å²) in [7, 11) is 0. The number of pyridine rings is 1. The van der Waals surface area contributed by atoms with Gasteiger partial charge in [0.25, 0.3) is 0 Å². The van der Waals surface area contributed by atoms with Crippen molar-refractivity contribution in [3.8, 4) is 11.6 Å². The molecule has 0 bridgehead atoms. The van der Waals surface area contributed by atoms with Gasteiger partial charge in [-0.1, -0.05) is 12.1 Å². The molecule has 0 radical (unpaired) electrons. The number of hydrogen-bond donors (Lipinski definition) is 1. The maximum atomic E-state index is 5.79. The highest BCUT2D eigenvalue weighted by atomic mass is 16.3. The van der Waals surface area contributed by atoms with Crippen LogP contribution in [-0.2, 0) is 0 Å². The van der Waals surface area contributed by atoms with E-state index in [-0.39, 0.29) is 0 Å². The zero-order valence-electron chi connectivity index (χ0n) is 8.42. The normalized spacial score (nSPS) is 10.8. The number of oxazole rings is 1. The minimum atomic E-state index is 0.494. The third kappa shape index (κ3) is 1.32. The summed E-state index contributed by atoms with van der Waals surface area (Å²) in [5.74, 6) is 0.494. The molecule has 16 heavy (non-hydrogen) atoms. The Labute approximate surface area is 91.7 Å². The second kappa shape index (κ2) is 3.34. The van der Waals surface area contributed by atoms with Crippen LogP contribution in [0.1, 0.15) is 0 Å². The summed E-state index contributed by atoms with van der Waals surface area (Å²) < 4.78 is 5.59. The maximum Gasteiger partial charge on any atom is 0.246 e. The van der Waals surface area contributed by atoms with E-state index in [1.54, 1.807) is 12.3 Å². The highest BCUT2D eigenvalue weighted by Crippen LogP contribution is 2.26. The van der Waals surface area contributed by atoms with Crippen LogP contribution in [0.2, 0.25) is 0 Å². The Bertz CT molecular complexity index is 631. The molecule has 4 heteroatoms. The lowest BCUT2D eigenvalue weighted by Crippen LogP contribution is -1.82. The molecule has 3 rings (SSSR count). The van der Waals surface area contributed by atoms with Crippen LogP contribution >= 0.6 is 0 Å². The molecule has 0 unspecified atom stereocenters. The van der Waals surface area contributed by atoms with Gasteiger partial charge in [0.05, 0.1) is 5.69 Å². The van der Waals surface area contributed by atoms with Gasteiger partial charge in [-0.15, -0.1) is 0 Å². The number of fused-ring (bicyclic) bond motifs is 1. The first kappa shape index (κ1) is 8.91. The average molecular weight is 211 g/mol. The fraction of sp³-hybridized carbons (Fsp3) is 0. The zero-order chi connectivity index (χ0) is 11.0. The van der Waals surface area contributed by atoms with Gasteiger partial charge in [0.1, 0.15) is 11.2 Å². The summed E-state index contributed by atoms with van der Waals surface area (Å²) >= 11 is 0. The lowest BCUT2D eigenvalue weighted by molar-refractivity contribution is 0.618. The van der Waals surface area contributed by atoms with Gasteiger partial charge in [0.2, 0.25) is 5.89 Å². The number of nitrogens with zero attached hydrogens (tertiary/aromatic N) is 2. The van der Waals surface area contributed by atoms with Crippen molar-refractivity contribution in [3.05, 3.63) is 42.6 Å². The number of nitrogens with two attached hydrogens (primary N) is 1. The van der Waals surface area contributed by atoms with Crippen molar-refractivity contribution in [2.24, 2.45) is 0 Å². The van der Waals surface area contributed by atoms with E-state index in [0.717, 1.165) is 5.52 Å². The van der Waals surface area contributed by atoms with Gasteiger partial charge in [0.15, 0.2) is 5.58 Å². The van der Waals surface area contributed by atoms with E-state index in [4.69, 9.17) is 10.2 Å². The number of nitrogen functional groups attached to an aromatic ring is 1. The number of rotatable bonds is 1. The standard InChI is InChI=1S/C12H9N3O/c13-8-4-3-6-9-11(8)16-12(15-9)10-5-1-2-7-14-10/h1-7H,13H2. The molecule has 0 saturated carbocycles. The molecule has 1 aromatic carbocycles. The molecule has 3 aromatic rings. The zero-order valence-corrected chi connectivity index (χ0v) is 8.42. The van der Waals surface area contributed by atoms with Crippen molar-refractivity contribution in [1.29, 1.82) is 0 Å². The number of benzene rings is 1. The molecule has 0 aliphatic rings. The molecule has 0 aliphatic heterocycles. The van der Waals surface area contributed by atoms with Crippen molar-refractivity contribution in [2.75, 3.05) is 5.73 Å². The SMILES string of the molecule is Nc1cccc2nc(-c3ccccn3)oc12. The van der Waals surface area contributed by atoms with E-state index in [9.17, 15) is 0 Å². The maximum absolute atomic E-state index is 5.79. The number of para-hydroxylation sites is 1. The van der Waals surface area contributed by atoms with E-state index in [1.807, 2.05) is 30.3 Å². The summed E-state index contributed by atoms with van der Waals surface area (Å²) in [6, 6.07) is 11.1. The van der Waals surface area contributed by atoms with Gasteiger partial charge in [-0.05, 0) is 24.3 Å². The van der Waals surface area contributed by atoms with Crippen molar-refractivity contribution >= 4 is 16.8 Å². The fourth-order valence-corrected chi connectivity index (χ4v) is 1.57. The van der Waals surface area contributed by atoms with Crippen LogP contribution in [0.15, 0.2) is 47.0 Å². The summed E-state index contributed by atoms with van der Waals surface area (Å²) in [5, 5.41) is 0. The Morgan fingerprint density at radius 3 is 2.75 bits per heavy atom. The molecule has 4 nitrogen and oxygen atoms in total. The van der Waals surface area contributed by atoms with Gasteiger partial charge >= 0.3 is 0 Å². The largest absolute Gasteiger partial charge is 0.432 e. The quantitative estimate of drug-likeness (QED) is 0.628. The monoisotopic (exact) mass is 211 g/mol. The Morgan fingerprint density at radius 2 is 2.00 bits per heavy atom. The van der Waals surface area contributed by atoms with Crippen molar-refractivity contribution in [2.45, 2.75) is 0 Å². The molecular weight excluding hydrogens is 202 g/mol. The van der Waals surface area contributed by atoms with Crippen molar-refractivity contribution in [1.82, 2.24) is 9.97 Å². The van der Waals surface area contributed by atoms with Crippen LogP contribution in [0, 0.1) is 0 Å². The summed E-state index contributed by atoms with van der Waals surface area (Å²) in [4.78, 5) is 8.51. The number of anilines is 1. The van der Waals surface area contributed by atoms with Crippen molar-refractivity contribution < 1.29 is 4.42 Å². The first-order valence-electron chi connectivity index (χ1n) is 4.91. The third-order valence-electron chi connectivity index (χ3n) is 2.33. The Morgan fingerprint density at radius 1 is 1.06 bits per heavy atom.